The second kappa shape index (κ2) is 7.34. The fraction of sp³-hybridized carbons (Fsp3) is 0.214. The van der Waals surface area contributed by atoms with Crippen molar-refractivity contribution in [2.45, 2.75) is 17.3 Å². The highest BCUT2D eigenvalue weighted by molar-refractivity contribution is 7.98. The zero-order valence-electron chi connectivity index (χ0n) is 12.3. The van der Waals surface area contributed by atoms with Crippen LogP contribution in [0.1, 0.15) is 10.7 Å². The van der Waals surface area contributed by atoms with Crippen molar-refractivity contribution in [3.63, 3.8) is 0 Å². The Labute approximate surface area is 141 Å². The highest BCUT2D eigenvalue weighted by Crippen LogP contribution is 2.21. The van der Waals surface area contributed by atoms with E-state index in [0.29, 0.717) is 5.75 Å². The molecule has 7 nitrogen and oxygen atoms in total. The van der Waals surface area contributed by atoms with E-state index in [4.69, 9.17) is 0 Å². The van der Waals surface area contributed by atoms with Crippen LogP contribution in [0.5, 0.6) is 0 Å². The molecule has 0 atom stereocenters. The van der Waals surface area contributed by atoms with Gasteiger partial charge >= 0.3 is 0 Å². The molecule has 118 valence electrons. The van der Waals surface area contributed by atoms with Crippen molar-refractivity contribution in [2.75, 3.05) is 5.32 Å². The molecule has 0 bridgehead atoms. The second-order valence-corrected chi connectivity index (χ2v) is 6.58. The summed E-state index contributed by atoms with van der Waals surface area (Å²) in [6, 6.07) is 9.39. The number of nitrogens with one attached hydrogen (secondary N) is 1. The molecular formula is C14H14N6OS2. The lowest BCUT2D eigenvalue weighted by Crippen LogP contribution is -2.14. The van der Waals surface area contributed by atoms with Gasteiger partial charge < -0.3 is 5.32 Å². The summed E-state index contributed by atoms with van der Waals surface area (Å²) in [7, 11) is 1.79. The van der Waals surface area contributed by atoms with Crippen LogP contribution in [-0.2, 0) is 24.0 Å². The van der Waals surface area contributed by atoms with Crippen LogP contribution in [0, 0.1) is 0 Å². The Kier molecular flexibility index (Phi) is 4.99. The first-order chi connectivity index (χ1) is 11.2. The number of amides is 1. The Balaban J connectivity index is 1.53. The number of hydrogen-bond donors (Lipinski definition) is 1. The quantitative estimate of drug-likeness (QED) is 0.688. The van der Waals surface area contributed by atoms with Gasteiger partial charge in [0.15, 0.2) is 0 Å². The van der Waals surface area contributed by atoms with Gasteiger partial charge in [-0.05, 0) is 22.6 Å². The third-order valence-corrected chi connectivity index (χ3v) is 4.84. The van der Waals surface area contributed by atoms with Gasteiger partial charge in [0.1, 0.15) is 5.01 Å². The predicted molar refractivity (Wildman–Crippen MR) is 89.2 cm³/mol. The molecule has 2 aromatic heterocycles. The van der Waals surface area contributed by atoms with Crippen LogP contribution in [-0.4, -0.2) is 31.1 Å². The number of thiazole rings is 1. The largest absolute Gasteiger partial charge is 0.326 e. The van der Waals surface area contributed by atoms with E-state index in [1.807, 2.05) is 35.7 Å². The zero-order valence-corrected chi connectivity index (χ0v) is 14.0. The Bertz CT molecular complexity index is 785. The molecule has 0 saturated heterocycles. The third-order valence-electron chi connectivity index (χ3n) is 2.90. The van der Waals surface area contributed by atoms with Crippen molar-refractivity contribution in [2.24, 2.45) is 7.05 Å². The number of benzene rings is 1. The summed E-state index contributed by atoms with van der Waals surface area (Å²) in [6.07, 6.45) is 0.274. The molecule has 1 N–H and O–H groups in total. The van der Waals surface area contributed by atoms with Gasteiger partial charge in [0, 0.05) is 23.9 Å². The molecule has 3 rings (SSSR count). The van der Waals surface area contributed by atoms with Crippen molar-refractivity contribution < 1.29 is 4.79 Å². The first kappa shape index (κ1) is 15.6. The van der Waals surface area contributed by atoms with Gasteiger partial charge in [-0.3, -0.25) is 4.79 Å². The molecule has 0 aliphatic heterocycles. The SMILES string of the molecule is Cn1nnnc1SCc1csc(CC(=O)Nc2ccccc2)n1. The van der Waals surface area contributed by atoms with Gasteiger partial charge in [-0.2, -0.15) is 0 Å². The second-order valence-electron chi connectivity index (χ2n) is 4.70. The van der Waals surface area contributed by atoms with Crippen molar-refractivity contribution >= 4 is 34.7 Å². The van der Waals surface area contributed by atoms with Crippen LogP contribution in [0.25, 0.3) is 0 Å². The first-order valence-corrected chi connectivity index (χ1v) is 8.70. The summed E-state index contributed by atoms with van der Waals surface area (Å²) in [4.78, 5) is 16.5. The highest BCUT2D eigenvalue weighted by atomic mass is 32.2. The minimum atomic E-state index is -0.0674. The van der Waals surface area contributed by atoms with Gasteiger partial charge in [0.2, 0.25) is 11.1 Å². The summed E-state index contributed by atoms with van der Waals surface area (Å²) in [5, 5.41) is 17.6. The molecule has 0 saturated carbocycles. The van der Waals surface area contributed by atoms with Crippen molar-refractivity contribution in [3.8, 4) is 0 Å². The number of thioether (sulfide) groups is 1. The van der Waals surface area contributed by atoms with Crippen molar-refractivity contribution in [3.05, 3.63) is 46.4 Å². The maximum Gasteiger partial charge on any atom is 0.231 e. The third kappa shape index (κ3) is 4.36. The average Bonchev–Trinajstić information content (AvgIpc) is 3.15. The van der Waals surface area contributed by atoms with Gasteiger partial charge in [-0.15, -0.1) is 16.4 Å². The van der Waals surface area contributed by atoms with Crippen LogP contribution < -0.4 is 5.32 Å². The number of carbonyl (C=O) groups excluding carboxylic acids is 1. The molecule has 0 spiro atoms. The predicted octanol–water partition coefficient (Wildman–Crippen LogP) is 2.14. The normalized spacial score (nSPS) is 10.7. The summed E-state index contributed by atoms with van der Waals surface area (Å²) >= 11 is 3.00. The molecule has 0 aliphatic rings. The molecule has 0 unspecified atom stereocenters. The molecule has 0 fully saturated rings. The summed E-state index contributed by atoms with van der Waals surface area (Å²) in [6.45, 7) is 0. The van der Waals surface area contributed by atoms with Crippen LogP contribution in [0.2, 0.25) is 0 Å². The van der Waals surface area contributed by atoms with Crippen LogP contribution in [0.4, 0.5) is 5.69 Å². The lowest BCUT2D eigenvalue weighted by molar-refractivity contribution is -0.115. The standard InChI is InChI=1S/C14H14N6OS2/c1-20-14(17-18-19-20)23-9-11-8-22-13(16-11)7-12(21)15-10-5-3-2-4-6-10/h2-6,8H,7,9H2,1H3,(H,15,21). The minimum Gasteiger partial charge on any atom is -0.326 e. The van der Waals surface area contributed by atoms with E-state index >= 15 is 0 Å². The molecule has 9 heteroatoms. The van der Waals surface area contributed by atoms with Gasteiger partial charge in [-0.1, -0.05) is 30.0 Å². The monoisotopic (exact) mass is 346 g/mol. The lowest BCUT2D eigenvalue weighted by atomic mass is 10.3. The zero-order chi connectivity index (χ0) is 16.1. The number of hydrogen-bond acceptors (Lipinski definition) is 7. The number of aromatic nitrogens is 5. The Hall–Kier alpha value is -2.26. The summed E-state index contributed by atoms with van der Waals surface area (Å²) < 4.78 is 1.62. The number of anilines is 1. The molecule has 0 radical (unpaired) electrons. The van der Waals surface area contributed by atoms with E-state index in [9.17, 15) is 4.79 Å². The minimum absolute atomic E-state index is 0.0674. The van der Waals surface area contributed by atoms with Gasteiger partial charge in [0.05, 0.1) is 12.1 Å². The number of carbonyl (C=O) groups is 1. The maximum atomic E-state index is 12.0. The van der Waals surface area contributed by atoms with E-state index in [1.54, 1.807) is 11.7 Å². The van der Waals surface area contributed by atoms with Crippen LogP contribution in [0.3, 0.4) is 0 Å². The van der Waals surface area contributed by atoms with E-state index in [2.05, 4.69) is 25.8 Å². The lowest BCUT2D eigenvalue weighted by Gasteiger charge is -2.02. The summed E-state index contributed by atoms with van der Waals surface area (Å²) in [5.74, 6) is 0.604. The van der Waals surface area contributed by atoms with E-state index in [1.165, 1.54) is 23.1 Å². The van der Waals surface area contributed by atoms with E-state index < -0.39 is 0 Å². The molecule has 3 aromatic rings. The van der Waals surface area contributed by atoms with E-state index in [-0.39, 0.29) is 12.3 Å². The van der Waals surface area contributed by atoms with Crippen molar-refractivity contribution in [1.29, 1.82) is 0 Å². The molecule has 2 heterocycles. The van der Waals surface area contributed by atoms with Crippen LogP contribution >= 0.6 is 23.1 Å². The van der Waals surface area contributed by atoms with Gasteiger partial charge in [0.25, 0.3) is 0 Å². The number of aryl methyl sites for hydroxylation is 1. The number of rotatable bonds is 6. The topological polar surface area (TPSA) is 85.6 Å². The Morgan fingerprint density at radius 1 is 1.35 bits per heavy atom. The molecule has 23 heavy (non-hydrogen) atoms. The van der Waals surface area contributed by atoms with E-state index in [0.717, 1.165) is 21.5 Å². The number of nitrogens with zero attached hydrogens (tertiary/aromatic N) is 5. The fourth-order valence-electron chi connectivity index (χ4n) is 1.84. The number of tetrazole rings is 1. The van der Waals surface area contributed by atoms with Crippen molar-refractivity contribution in [1.82, 2.24) is 25.2 Å². The Morgan fingerprint density at radius 2 is 2.17 bits per heavy atom. The fourth-order valence-corrected chi connectivity index (χ4v) is 3.48. The molecule has 1 amide bonds. The average molecular weight is 346 g/mol. The van der Waals surface area contributed by atoms with Gasteiger partial charge in [-0.25, -0.2) is 9.67 Å². The highest BCUT2D eigenvalue weighted by Gasteiger charge is 2.10. The molecule has 1 aromatic carbocycles. The first-order valence-electron chi connectivity index (χ1n) is 6.84. The summed E-state index contributed by atoms with van der Waals surface area (Å²) in [5.41, 5.74) is 1.71. The Morgan fingerprint density at radius 3 is 2.91 bits per heavy atom. The number of para-hydroxylation sites is 1. The smallest absolute Gasteiger partial charge is 0.231 e. The van der Waals surface area contributed by atoms with Crippen LogP contribution in [0.15, 0.2) is 40.9 Å². The maximum absolute atomic E-state index is 12.0. The molecule has 0 aliphatic carbocycles. The molecular weight excluding hydrogens is 332 g/mol.